The van der Waals surface area contributed by atoms with Crippen molar-refractivity contribution in [2.24, 2.45) is 0 Å². The van der Waals surface area contributed by atoms with Crippen LogP contribution in [0.4, 0.5) is 16.2 Å². The molecule has 2 aliphatic heterocycles. The molecule has 5 amide bonds. The van der Waals surface area contributed by atoms with E-state index in [1.807, 2.05) is 55.7 Å². The van der Waals surface area contributed by atoms with Gasteiger partial charge in [0.15, 0.2) is 11.5 Å². The molecule has 11 heteroatoms. The van der Waals surface area contributed by atoms with Crippen molar-refractivity contribution >= 4 is 52.5 Å². The molecule has 45 heavy (non-hydrogen) atoms. The van der Waals surface area contributed by atoms with Gasteiger partial charge in [-0.15, -0.1) is 11.3 Å². The lowest BCUT2D eigenvalue weighted by atomic mass is 9.95. The van der Waals surface area contributed by atoms with Crippen molar-refractivity contribution < 1.29 is 28.7 Å². The number of nitrogens with zero attached hydrogens (tertiary/aromatic N) is 2. The van der Waals surface area contributed by atoms with Gasteiger partial charge >= 0.3 is 6.03 Å². The monoisotopic (exact) mass is 622 g/mol. The summed E-state index contributed by atoms with van der Waals surface area (Å²) >= 11 is 1.61. The predicted molar refractivity (Wildman–Crippen MR) is 170 cm³/mol. The molecule has 228 valence electrons. The topological polar surface area (TPSA) is 119 Å². The fourth-order valence-corrected chi connectivity index (χ4v) is 7.59. The van der Waals surface area contributed by atoms with Crippen LogP contribution in [-0.4, -0.2) is 35.1 Å². The quantitative estimate of drug-likeness (QED) is 0.209. The van der Waals surface area contributed by atoms with E-state index in [0.29, 0.717) is 22.6 Å². The van der Waals surface area contributed by atoms with Gasteiger partial charge in [0.2, 0.25) is 6.79 Å². The first-order valence-corrected chi connectivity index (χ1v) is 15.5. The Kier molecular flexibility index (Phi) is 7.04. The number of thiophene rings is 1. The number of hydrogen-bond donors (Lipinski definition) is 2. The molecule has 10 nitrogen and oxygen atoms in total. The summed E-state index contributed by atoms with van der Waals surface area (Å²) in [7, 11) is 0. The lowest BCUT2D eigenvalue weighted by Crippen LogP contribution is -2.54. The average Bonchev–Trinajstić information content (AvgIpc) is 3.71. The molecular weight excluding hydrogens is 592 g/mol. The van der Waals surface area contributed by atoms with Gasteiger partial charge in [-0.2, -0.15) is 0 Å². The highest BCUT2D eigenvalue weighted by Crippen LogP contribution is 2.40. The highest BCUT2D eigenvalue weighted by molar-refractivity contribution is 7.15. The van der Waals surface area contributed by atoms with Gasteiger partial charge in [-0.3, -0.25) is 19.7 Å². The summed E-state index contributed by atoms with van der Waals surface area (Å²) in [6, 6.07) is 13.4. The van der Waals surface area contributed by atoms with Crippen LogP contribution in [0.2, 0.25) is 0 Å². The Bertz CT molecular complexity index is 1950. The van der Waals surface area contributed by atoms with Crippen LogP contribution in [0.15, 0.2) is 54.1 Å². The molecular formula is C34H30N4O6S. The van der Waals surface area contributed by atoms with Crippen molar-refractivity contribution in [1.82, 2.24) is 9.88 Å². The van der Waals surface area contributed by atoms with Crippen LogP contribution in [0.5, 0.6) is 11.5 Å². The first kappa shape index (κ1) is 28.6. The Morgan fingerprint density at radius 2 is 1.71 bits per heavy atom. The number of carbonyl (C=O) groups is 4. The number of carbonyl (C=O) groups excluding carboxylic acids is 4. The maximum atomic E-state index is 13.8. The third-order valence-electron chi connectivity index (χ3n) is 8.38. The lowest BCUT2D eigenvalue weighted by molar-refractivity contribution is -0.122. The fraction of sp³-hybridized carbons (Fsp3) is 0.235. The number of aryl methyl sites for hydroxylation is 3. The summed E-state index contributed by atoms with van der Waals surface area (Å²) in [5, 5.41) is 6.18. The van der Waals surface area contributed by atoms with E-state index in [1.54, 1.807) is 23.5 Å². The number of barbiturate groups is 1. The molecule has 2 aromatic heterocycles. The van der Waals surface area contributed by atoms with Gasteiger partial charge in [-0.25, -0.2) is 9.69 Å². The molecule has 1 saturated heterocycles. The molecule has 4 aromatic rings. The molecule has 4 heterocycles. The summed E-state index contributed by atoms with van der Waals surface area (Å²) < 4.78 is 12.8. The molecule has 1 aliphatic carbocycles. The molecule has 0 atom stereocenters. The zero-order chi connectivity index (χ0) is 31.4. The van der Waals surface area contributed by atoms with Crippen molar-refractivity contribution in [3.05, 3.63) is 92.6 Å². The molecule has 0 radical (unpaired) electrons. The van der Waals surface area contributed by atoms with Crippen molar-refractivity contribution in [2.75, 3.05) is 17.0 Å². The summed E-state index contributed by atoms with van der Waals surface area (Å²) in [5.41, 5.74) is 5.86. The minimum absolute atomic E-state index is 0.0424. The van der Waals surface area contributed by atoms with Gasteiger partial charge < -0.3 is 19.4 Å². The van der Waals surface area contributed by atoms with Crippen LogP contribution in [-0.2, 0) is 22.4 Å². The highest BCUT2D eigenvalue weighted by Gasteiger charge is 2.38. The van der Waals surface area contributed by atoms with Crippen LogP contribution < -0.4 is 25.0 Å². The molecule has 0 unspecified atom stereocenters. The lowest BCUT2D eigenvalue weighted by Gasteiger charge is -2.26. The number of rotatable bonds is 5. The van der Waals surface area contributed by atoms with Crippen LogP contribution in [0, 0.1) is 20.8 Å². The Morgan fingerprint density at radius 3 is 2.51 bits per heavy atom. The molecule has 7 rings (SSSR count). The minimum Gasteiger partial charge on any atom is -0.454 e. The zero-order valence-electron chi connectivity index (χ0n) is 25.0. The number of ether oxygens (including phenoxy) is 2. The van der Waals surface area contributed by atoms with Crippen LogP contribution in [0.25, 0.3) is 11.1 Å². The number of fused-ring (bicyclic) bond motifs is 2. The van der Waals surface area contributed by atoms with Crippen molar-refractivity contribution in [3.8, 4) is 16.5 Å². The van der Waals surface area contributed by atoms with E-state index in [-0.39, 0.29) is 24.0 Å². The van der Waals surface area contributed by atoms with E-state index < -0.39 is 17.8 Å². The van der Waals surface area contributed by atoms with Crippen molar-refractivity contribution in [1.29, 1.82) is 0 Å². The van der Waals surface area contributed by atoms with E-state index in [9.17, 15) is 19.2 Å². The number of urea groups is 1. The Hall–Kier alpha value is -5.16. The largest absolute Gasteiger partial charge is 0.454 e. The van der Waals surface area contributed by atoms with Crippen molar-refractivity contribution in [2.45, 2.75) is 46.5 Å². The number of benzene rings is 2. The number of amides is 5. The van der Waals surface area contributed by atoms with E-state index in [1.165, 1.54) is 17.0 Å². The summed E-state index contributed by atoms with van der Waals surface area (Å²) in [6.45, 7) is 5.87. The molecule has 2 aromatic carbocycles. The fourth-order valence-electron chi connectivity index (χ4n) is 6.09. The highest BCUT2D eigenvalue weighted by atomic mass is 32.1. The van der Waals surface area contributed by atoms with Gasteiger partial charge in [-0.1, -0.05) is 17.7 Å². The van der Waals surface area contributed by atoms with Gasteiger partial charge in [0, 0.05) is 28.0 Å². The standard InChI is InChI=1S/C34H30N4O6S/c1-18-8-10-22(11-9-18)35-31(40)29-24-6-4-5-7-28(24)45-33(29)37-19(2)14-21(20(37)3)15-25-30(39)36-34(42)38(32(25)41)23-12-13-26-27(16-23)44-17-43-26/h8-16H,4-7,17H2,1-3H3,(H,35,40)(H,36,39,42)/b25-15+. The maximum Gasteiger partial charge on any atom is 0.335 e. The van der Waals surface area contributed by atoms with E-state index in [0.717, 1.165) is 63.8 Å². The minimum atomic E-state index is -0.847. The molecule has 0 saturated carbocycles. The Morgan fingerprint density at radius 1 is 0.956 bits per heavy atom. The first-order valence-electron chi connectivity index (χ1n) is 14.7. The van der Waals surface area contributed by atoms with Crippen molar-refractivity contribution in [3.63, 3.8) is 0 Å². The average molecular weight is 623 g/mol. The first-order chi connectivity index (χ1) is 21.7. The second kappa shape index (κ2) is 11.1. The van der Waals surface area contributed by atoms with Crippen LogP contribution in [0.1, 0.15) is 56.2 Å². The van der Waals surface area contributed by atoms with Gasteiger partial charge in [0.1, 0.15) is 10.6 Å². The van der Waals surface area contributed by atoms with Crippen LogP contribution >= 0.6 is 11.3 Å². The SMILES string of the molecule is Cc1ccc(NC(=O)c2c(-n3c(C)cc(/C=C4\C(=O)NC(=O)N(c5ccc6c(c5)OCO6)C4=O)c3C)sc3c2CCCC3)cc1. The second-order valence-electron chi connectivity index (χ2n) is 11.4. The molecule has 0 bridgehead atoms. The van der Waals surface area contributed by atoms with E-state index in [4.69, 9.17) is 9.47 Å². The Labute approximate surface area is 263 Å². The predicted octanol–water partition coefficient (Wildman–Crippen LogP) is 5.99. The second-order valence-corrected chi connectivity index (χ2v) is 12.5. The molecule has 3 aliphatic rings. The van der Waals surface area contributed by atoms with Crippen LogP contribution in [0.3, 0.4) is 0 Å². The van der Waals surface area contributed by atoms with Gasteiger partial charge in [0.05, 0.1) is 11.3 Å². The summed E-state index contributed by atoms with van der Waals surface area (Å²) in [5.74, 6) is -0.792. The molecule has 2 N–H and O–H groups in total. The smallest absolute Gasteiger partial charge is 0.335 e. The molecule has 0 spiro atoms. The number of anilines is 2. The number of nitrogens with one attached hydrogen (secondary N) is 2. The Balaban J connectivity index is 1.27. The van der Waals surface area contributed by atoms with E-state index in [2.05, 4.69) is 10.6 Å². The van der Waals surface area contributed by atoms with Gasteiger partial charge in [0.25, 0.3) is 17.7 Å². The number of aromatic nitrogens is 1. The third kappa shape index (κ3) is 4.98. The summed E-state index contributed by atoms with van der Waals surface area (Å²) in [4.78, 5) is 55.4. The van der Waals surface area contributed by atoms with E-state index >= 15 is 0 Å². The number of imide groups is 2. The normalized spacial score (nSPS) is 16.6. The third-order valence-corrected chi connectivity index (χ3v) is 9.66. The molecule has 1 fully saturated rings. The maximum absolute atomic E-state index is 13.8. The number of hydrogen-bond acceptors (Lipinski definition) is 7. The summed E-state index contributed by atoms with van der Waals surface area (Å²) in [6.07, 6.45) is 5.34. The van der Waals surface area contributed by atoms with Gasteiger partial charge in [-0.05, 0) is 94.0 Å². The zero-order valence-corrected chi connectivity index (χ0v) is 25.8.